The van der Waals surface area contributed by atoms with E-state index in [0.717, 1.165) is 12.5 Å². The van der Waals surface area contributed by atoms with Crippen molar-refractivity contribution in [3.05, 3.63) is 34.4 Å². The molecular weight excluding hydrogens is 232 g/mol. The quantitative estimate of drug-likeness (QED) is 0.845. The number of aryl methyl sites for hydroxylation is 3. The Morgan fingerprint density at radius 2 is 1.79 bits per heavy atom. The van der Waals surface area contributed by atoms with Gasteiger partial charge in [0, 0.05) is 19.1 Å². The van der Waals surface area contributed by atoms with Gasteiger partial charge in [-0.05, 0) is 70.3 Å². The molecule has 1 unspecified atom stereocenters. The van der Waals surface area contributed by atoms with Gasteiger partial charge in [0.05, 0.1) is 0 Å². The first kappa shape index (κ1) is 14.5. The van der Waals surface area contributed by atoms with E-state index in [2.05, 4.69) is 57.2 Å². The lowest BCUT2D eigenvalue weighted by atomic mass is 9.93. The number of hydrogen-bond donors (Lipinski definition) is 1. The van der Waals surface area contributed by atoms with E-state index in [4.69, 9.17) is 0 Å². The fourth-order valence-electron chi connectivity index (χ4n) is 3.20. The summed E-state index contributed by atoms with van der Waals surface area (Å²) in [6, 6.07) is 5.03. The predicted octanol–water partition coefficient (Wildman–Crippen LogP) is 3.21. The summed E-state index contributed by atoms with van der Waals surface area (Å²) in [6.07, 6.45) is 2.86. The van der Waals surface area contributed by atoms with Gasteiger partial charge in [0.25, 0.3) is 0 Å². The lowest BCUT2D eigenvalue weighted by molar-refractivity contribution is 0.285. The molecule has 1 saturated carbocycles. The van der Waals surface area contributed by atoms with Crippen LogP contribution in [-0.2, 0) is 0 Å². The molecule has 0 amide bonds. The molecule has 2 heteroatoms. The molecule has 106 valence electrons. The van der Waals surface area contributed by atoms with Gasteiger partial charge in [-0.25, -0.2) is 0 Å². The molecule has 0 heterocycles. The van der Waals surface area contributed by atoms with Crippen molar-refractivity contribution in [3.63, 3.8) is 0 Å². The fraction of sp³-hybridized carbons (Fsp3) is 0.647. The second-order valence-electron chi connectivity index (χ2n) is 6.32. The number of hydrogen-bond acceptors (Lipinski definition) is 2. The van der Waals surface area contributed by atoms with Gasteiger partial charge in [0.1, 0.15) is 0 Å². The summed E-state index contributed by atoms with van der Waals surface area (Å²) in [7, 11) is 4.33. The van der Waals surface area contributed by atoms with E-state index in [1.54, 1.807) is 0 Å². The highest BCUT2D eigenvalue weighted by Crippen LogP contribution is 2.30. The summed E-state index contributed by atoms with van der Waals surface area (Å²) >= 11 is 0. The first-order chi connectivity index (χ1) is 9.01. The highest BCUT2D eigenvalue weighted by atomic mass is 15.1. The highest BCUT2D eigenvalue weighted by molar-refractivity contribution is 5.39. The van der Waals surface area contributed by atoms with Crippen LogP contribution in [0, 0.1) is 26.7 Å². The van der Waals surface area contributed by atoms with Crippen molar-refractivity contribution < 1.29 is 0 Å². The molecule has 1 aliphatic rings. The summed E-state index contributed by atoms with van der Waals surface area (Å²) in [4.78, 5) is 2.48. The third-order valence-electron chi connectivity index (χ3n) is 4.20. The van der Waals surface area contributed by atoms with Gasteiger partial charge >= 0.3 is 0 Å². The van der Waals surface area contributed by atoms with Crippen LogP contribution >= 0.6 is 0 Å². The summed E-state index contributed by atoms with van der Waals surface area (Å²) in [5.74, 6) is 0.961. The van der Waals surface area contributed by atoms with Crippen LogP contribution in [0.5, 0.6) is 0 Å². The van der Waals surface area contributed by atoms with Crippen LogP contribution in [0.1, 0.15) is 41.1 Å². The lowest BCUT2D eigenvalue weighted by Gasteiger charge is -2.27. The van der Waals surface area contributed by atoms with Crippen LogP contribution in [0.3, 0.4) is 0 Å². The topological polar surface area (TPSA) is 15.3 Å². The summed E-state index contributed by atoms with van der Waals surface area (Å²) in [5, 5.41) is 3.50. The van der Waals surface area contributed by atoms with Gasteiger partial charge in [-0.15, -0.1) is 0 Å². The molecule has 0 spiro atoms. The maximum absolute atomic E-state index is 3.50. The van der Waals surface area contributed by atoms with Gasteiger partial charge < -0.3 is 10.2 Å². The minimum Gasteiger partial charge on any atom is -0.312 e. The first-order valence-electron chi connectivity index (χ1n) is 7.44. The van der Waals surface area contributed by atoms with E-state index in [1.807, 2.05) is 0 Å². The van der Waals surface area contributed by atoms with Crippen molar-refractivity contribution in [1.82, 2.24) is 10.2 Å². The Kier molecular flexibility index (Phi) is 4.64. The molecule has 2 rings (SSSR count). The summed E-state index contributed by atoms with van der Waals surface area (Å²) < 4.78 is 0. The molecule has 1 aliphatic carbocycles. The molecule has 0 radical (unpaired) electrons. The smallest absolute Gasteiger partial charge is 0.0452 e. The van der Waals surface area contributed by atoms with Crippen molar-refractivity contribution in [2.45, 2.75) is 39.7 Å². The lowest BCUT2D eigenvalue weighted by Crippen LogP contribution is -2.33. The monoisotopic (exact) mass is 260 g/mol. The Morgan fingerprint density at radius 3 is 2.26 bits per heavy atom. The SMILES string of the molecule is CNC(CN(C)CC1CC1)c1c(C)cc(C)cc1C. The second-order valence-corrected chi connectivity index (χ2v) is 6.32. The summed E-state index contributed by atoms with van der Waals surface area (Å²) in [5.41, 5.74) is 5.67. The van der Waals surface area contributed by atoms with Crippen LogP contribution in [0.25, 0.3) is 0 Å². The average Bonchev–Trinajstić information content (AvgIpc) is 3.10. The molecular formula is C17H28N2. The Hall–Kier alpha value is -0.860. The van der Waals surface area contributed by atoms with E-state index in [9.17, 15) is 0 Å². The van der Waals surface area contributed by atoms with E-state index in [0.29, 0.717) is 6.04 Å². The molecule has 1 fully saturated rings. The Balaban J connectivity index is 2.11. The Labute approximate surface area is 118 Å². The van der Waals surface area contributed by atoms with Crippen LogP contribution in [0.2, 0.25) is 0 Å². The number of nitrogens with zero attached hydrogens (tertiary/aromatic N) is 1. The predicted molar refractivity (Wildman–Crippen MR) is 82.7 cm³/mol. The van der Waals surface area contributed by atoms with E-state index in [-0.39, 0.29) is 0 Å². The van der Waals surface area contributed by atoms with E-state index >= 15 is 0 Å². The molecule has 2 nitrogen and oxygen atoms in total. The molecule has 19 heavy (non-hydrogen) atoms. The zero-order valence-corrected chi connectivity index (χ0v) is 13.1. The van der Waals surface area contributed by atoms with Crippen molar-refractivity contribution in [2.24, 2.45) is 5.92 Å². The third kappa shape index (κ3) is 3.80. The first-order valence-corrected chi connectivity index (χ1v) is 7.44. The normalized spacial score (nSPS) is 16.9. The molecule has 0 aromatic heterocycles. The third-order valence-corrected chi connectivity index (χ3v) is 4.20. The van der Waals surface area contributed by atoms with Crippen molar-refractivity contribution >= 4 is 0 Å². The zero-order valence-electron chi connectivity index (χ0n) is 13.1. The number of nitrogens with one attached hydrogen (secondary N) is 1. The largest absolute Gasteiger partial charge is 0.312 e. The van der Waals surface area contributed by atoms with Gasteiger partial charge in [0.15, 0.2) is 0 Å². The second kappa shape index (κ2) is 6.06. The minimum atomic E-state index is 0.435. The van der Waals surface area contributed by atoms with Gasteiger partial charge in [-0.1, -0.05) is 17.7 Å². The molecule has 0 aliphatic heterocycles. The summed E-state index contributed by atoms with van der Waals surface area (Å²) in [6.45, 7) is 9.00. The minimum absolute atomic E-state index is 0.435. The average molecular weight is 260 g/mol. The van der Waals surface area contributed by atoms with Crippen LogP contribution < -0.4 is 5.32 Å². The van der Waals surface area contributed by atoms with Gasteiger partial charge in [0.2, 0.25) is 0 Å². The molecule has 0 bridgehead atoms. The molecule has 1 atom stereocenters. The maximum Gasteiger partial charge on any atom is 0.0452 e. The highest BCUT2D eigenvalue weighted by Gasteiger charge is 2.24. The maximum atomic E-state index is 3.50. The number of likely N-dealkylation sites (N-methyl/N-ethyl adjacent to an activating group) is 2. The fourth-order valence-corrected chi connectivity index (χ4v) is 3.20. The van der Waals surface area contributed by atoms with Crippen molar-refractivity contribution in [1.29, 1.82) is 0 Å². The van der Waals surface area contributed by atoms with Gasteiger partial charge in [-0.3, -0.25) is 0 Å². The van der Waals surface area contributed by atoms with Crippen molar-refractivity contribution in [2.75, 3.05) is 27.2 Å². The van der Waals surface area contributed by atoms with E-state index < -0.39 is 0 Å². The van der Waals surface area contributed by atoms with Crippen LogP contribution in [0.4, 0.5) is 0 Å². The van der Waals surface area contributed by atoms with Crippen LogP contribution in [0.15, 0.2) is 12.1 Å². The standard InChI is InChI=1S/C17H28N2/c1-12-8-13(2)17(14(3)9-12)16(18-4)11-19(5)10-15-6-7-15/h8-9,15-16,18H,6-7,10-11H2,1-5H3. The molecule has 1 aromatic rings. The van der Waals surface area contributed by atoms with Crippen LogP contribution in [-0.4, -0.2) is 32.1 Å². The Morgan fingerprint density at radius 1 is 1.21 bits per heavy atom. The van der Waals surface area contributed by atoms with E-state index in [1.165, 1.54) is 41.6 Å². The zero-order chi connectivity index (χ0) is 14.0. The molecule has 1 aromatic carbocycles. The molecule has 0 saturated heterocycles. The number of rotatable bonds is 6. The van der Waals surface area contributed by atoms with Crippen molar-refractivity contribution in [3.8, 4) is 0 Å². The number of benzene rings is 1. The Bertz CT molecular complexity index is 412. The van der Waals surface area contributed by atoms with Gasteiger partial charge in [-0.2, -0.15) is 0 Å². The molecule has 1 N–H and O–H groups in total.